The largest absolute Gasteiger partial charge is 0.472 e. The van der Waals surface area contributed by atoms with Gasteiger partial charge in [0.1, 0.15) is 12.7 Å². The number of hydrogen-bond donors (Lipinski definition) is 3. The van der Waals surface area contributed by atoms with Crippen LogP contribution in [0.4, 0.5) is 0 Å². The Morgan fingerprint density at radius 1 is 0.765 bits per heavy atom. The van der Waals surface area contributed by atoms with E-state index in [1.807, 2.05) is 12.2 Å². The molecule has 0 aromatic carbocycles. The number of carbonyl (C=O) groups is 2. The molecule has 0 aromatic rings. The molecule has 3 N–H and O–H groups in total. The summed E-state index contributed by atoms with van der Waals surface area (Å²) < 4.78 is 38.2. The molecule has 11 nitrogen and oxygen atoms in total. The second-order valence-electron chi connectivity index (χ2n) is 13.8. The van der Waals surface area contributed by atoms with Crippen LogP contribution in [0.3, 0.4) is 0 Å². The number of phosphoric ester groups is 1. The fraction of sp³-hybridized carbons (Fsp3) is 0.795. The Bertz CT molecular complexity index is 1030. The molecule has 1 aliphatic heterocycles. The average Bonchev–Trinajstić information content (AvgIpc) is 3.85. The minimum absolute atomic E-state index is 0.104. The number of rotatable bonds is 34. The smallest absolute Gasteiger partial charge is 0.462 e. The van der Waals surface area contributed by atoms with Gasteiger partial charge in [0.2, 0.25) is 0 Å². The number of carbonyl (C=O) groups excluding carboxylic acids is 2. The number of esters is 2. The number of epoxide rings is 1. The molecule has 51 heavy (non-hydrogen) atoms. The third-order valence-corrected chi connectivity index (χ3v) is 9.35. The molecule has 0 bridgehead atoms. The van der Waals surface area contributed by atoms with E-state index < -0.39 is 51.8 Å². The fourth-order valence-electron chi connectivity index (χ4n) is 5.26. The van der Waals surface area contributed by atoms with Gasteiger partial charge in [-0.05, 0) is 50.9 Å². The SMILES string of the molecule is CCCCCC1OC1C/C=C\C/C=C\C/C=C\CCCC(=O)O[C@H](COC(=O)CCCCCCCCCC(C)C)COP(=O)(O)OC[C@@H](O)CO. The lowest BCUT2D eigenvalue weighted by molar-refractivity contribution is -0.161. The molecule has 1 heterocycles. The lowest BCUT2D eigenvalue weighted by Crippen LogP contribution is -2.29. The lowest BCUT2D eigenvalue weighted by atomic mass is 10.0. The van der Waals surface area contributed by atoms with Crippen LogP contribution < -0.4 is 0 Å². The summed E-state index contributed by atoms with van der Waals surface area (Å²) in [6.07, 6.45) is 28.9. The quantitative estimate of drug-likeness (QED) is 0.0191. The highest BCUT2D eigenvalue weighted by Gasteiger charge is 2.36. The maximum Gasteiger partial charge on any atom is 0.472 e. The van der Waals surface area contributed by atoms with Gasteiger partial charge in [-0.2, -0.15) is 0 Å². The zero-order chi connectivity index (χ0) is 37.6. The van der Waals surface area contributed by atoms with Crippen molar-refractivity contribution in [2.75, 3.05) is 26.4 Å². The summed E-state index contributed by atoms with van der Waals surface area (Å²) in [5, 5.41) is 18.3. The van der Waals surface area contributed by atoms with Crippen molar-refractivity contribution in [1.29, 1.82) is 0 Å². The first-order valence-corrected chi connectivity index (χ1v) is 20.9. The number of phosphoric acid groups is 1. The van der Waals surface area contributed by atoms with E-state index >= 15 is 0 Å². The van der Waals surface area contributed by atoms with E-state index in [-0.39, 0.29) is 19.4 Å². The first kappa shape index (κ1) is 47.2. The Labute approximate surface area is 307 Å². The molecular weight excluding hydrogens is 675 g/mol. The van der Waals surface area contributed by atoms with Crippen LogP contribution in [0.25, 0.3) is 0 Å². The first-order valence-electron chi connectivity index (χ1n) is 19.4. The number of unbranched alkanes of at least 4 members (excludes halogenated alkanes) is 9. The van der Waals surface area contributed by atoms with Crippen LogP contribution in [0.2, 0.25) is 0 Å². The molecule has 0 aromatic heterocycles. The van der Waals surface area contributed by atoms with Gasteiger partial charge in [-0.3, -0.25) is 18.6 Å². The third kappa shape index (κ3) is 29.3. The first-order chi connectivity index (χ1) is 24.6. The molecule has 0 saturated carbocycles. The van der Waals surface area contributed by atoms with Crippen molar-refractivity contribution in [2.45, 2.75) is 167 Å². The topological polar surface area (TPSA) is 161 Å². The van der Waals surface area contributed by atoms with Crippen molar-refractivity contribution in [3.8, 4) is 0 Å². The Hall–Kier alpha value is -1.85. The van der Waals surface area contributed by atoms with Crippen LogP contribution >= 0.6 is 7.82 Å². The summed E-state index contributed by atoms with van der Waals surface area (Å²) in [6, 6.07) is 0. The van der Waals surface area contributed by atoms with Crippen LogP contribution in [-0.2, 0) is 37.4 Å². The number of allylic oxidation sites excluding steroid dienone is 5. The van der Waals surface area contributed by atoms with E-state index in [1.54, 1.807) is 0 Å². The molecule has 0 aliphatic carbocycles. The highest BCUT2D eigenvalue weighted by molar-refractivity contribution is 7.47. The van der Waals surface area contributed by atoms with Gasteiger partial charge >= 0.3 is 19.8 Å². The number of hydrogen-bond acceptors (Lipinski definition) is 10. The number of ether oxygens (including phenoxy) is 3. The van der Waals surface area contributed by atoms with Crippen molar-refractivity contribution in [1.82, 2.24) is 0 Å². The molecule has 0 amide bonds. The van der Waals surface area contributed by atoms with Gasteiger partial charge in [-0.15, -0.1) is 0 Å². The maximum absolute atomic E-state index is 12.5. The molecule has 3 unspecified atom stereocenters. The number of aliphatic hydroxyl groups is 2. The summed E-state index contributed by atoms with van der Waals surface area (Å²) in [6.45, 7) is 4.50. The molecule has 12 heteroatoms. The molecule has 0 spiro atoms. The summed E-state index contributed by atoms with van der Waals surface area (Å²) in [5.41, 5.74) is 0. The molecule has 1 fully saturated rings. The summed E-state index contributed by atoms with van der Waals surface area (Å²) in [5.74, 6) is -0.262. The predicted octanol–water partition coefficient (Wildman–Crippen LogP) is 8.45. The summed E-state index contributed by atoms with van der Waals surface area (Å²) in [4.78, 5) is 34.8. The minimum Gasteiger partial charge on any atom is -0.462 e. The fourth-order valence-corrected chi connectivity index (χ4v) is 6.05. The standard InChI is InChI=1S/C39H69O11P/c1-4-5-19-25-36-37(50-36)26-21-16-12-8-6-7-9-13-18-23-28-39(43)49-35(32-48-51(44,45)47-30-34(41)29-40)31-46-38(42)27-22-17-14-10-11-15-20-24-33(2)3/h6,8-9,13,16,21,33-37,40-41H,4-5,7,10-12,14-15,17-20,22-32H2,1-3H3,(H,44,45)/b8-6-,13-9-,21-16-/t34-,35+,36?,37?/m0/s1. The van der Waals surface area contributed by atoms with Crippen LogP contribution in [-0.4, -0.2) is 77.9 Å². The zero-order valence-corrected chi connectivity index (χ0v) is 32.6. The molecule has 0 radical (unpaired) electrons. The van der Waals surface area contributed by atoms with Crippen LogP contribution in [0.5, 0.6) is 0 Å². The van der Waals surface area contributed by atoms with Gasteiger partial charge in [-0.25, -0.2) is 4.57 Å². The third-order valence-electron chi connectivity index (χ3n) is 8.40. The van der Waals surface area contributed by atoms with Gasteiger partial charge in [0.25, 0.3) is 0 Å². The minimum atomic E-state index is -4.63. The van der Waals surface area contributed by atoms with E-state index in [0.29, 0.717) is 31.5 Å². The van der Waals surface area contributed by atoms with Gasteiger partial charge in [0.15, 0.2) is 6.10 Å². The molecular formula is C39H69O11P. The maximum atomic E-state index is 12.5. The average molecular weight is 745 g/mol. The van der Waals surface area contributed by atoms with Gasteiger partial charge in [-0.1, -0.05) is 121 Å². The van der Waals surface area contributed by atoms with Gasteiger partial charge in [0, 0.05) is 12.8 Å². The van der Waals surface area contributed by atoms with Crippen LogP contribution in [0, 0.1) is 5.92 Å². The highest BCUT2D eigenvalue weighted by atomic mass is 31.2. The zero-order valence-electron chi connectivity index (χ0n) is 31.7. The van der Waals surface area contributed by atoms with Crippen molar-refractivity contribution in [3.63, 3.8) is 0 Å². The van der Waals surface area contributed by atoms with Gasteiger partial charge in [0.05, 0.1) is 32.0 Å². The summed E-state index contributed by atoms with van der Waals surface area (Å²) >= 11 is 0. The van der Waals surface area contributed by atoms with Crippen molar-refractivity contribution >= 4 is 19.8 Å². The molecule has 296 valence electrons. The van der Waals surface area contributed by atoms with Gasteiger partial charge < -0.3 is 29.3 Å². The van der Waals surface area contributed by atoms with Crippen LogP contribution in [0.1, 0.15) is 143 Å². The summed E-state index contributed by atoms with van der Waals surface area (Å²) in [7, 11) is -4.63. The van der Waals surface area contributed by atoms with Crippen molar-refractivity contribution in [2.24, 2.45) is 5.92 Å². The van der Waals surface area contributed by atoms with Crippen molar-refractivity contribution < 1.29 is 52.5 Å². The lowest BCUT2D eigenvalue weighted by Gasteiger charge is -2.20. The molecule has 5 atom stereocenters. The van der Waals surface area contributed by atoms with E-state index in [2.05, 4.69) is 49.6 Å². The monoisotopic (exact) mass is 744 g/mol. The van der Waals surface area contributed by atoms with Crippen molar-refractivity contribution in [3.05, 3.63) is 36.5 Å². The molecule has 1 rings (SSSR count). The second kappa shape index (κ2) is 30.6. The van der Waals surface area contributed by atoms with Crippen LogP contribution in [0.15, 0.2) is 36.5 Å². The van der Waals surface area contributed by atoms with E-state index in [9.17, 15) is 24.2 Å². The Morgan fingerprint density at radius 2 is 1.39 bits per heavy atom. The molecule has 1 aliphatic rings. The highest BCUT2D eigenvalue weighted by Crippen LogP contribution is 2.43. The second-order valence-corrected chi connectivity index (χ2v) is 15.3. The normalized spacial score (nSPS) is 18.5. The predicted molar refractivity (Wildman–Crippen MR) is 200 cm³/mol. The van der Waals surface area contributed by atoms with E-state index in [0.717, 1.165) is 44.4 Å². The van der Waals surface area contributed by atoms with E-state index in [1.165, 1.54) is 51.4 Å². The number of aliphatic hydroxyl groups excluding tert-OH is 2. The Kier molecular flexibility index (Phi) is 28.3. The Balaban J connectivity index is 2.33. The Morgan fingerprint density at radius 3 is 2.08 bits per heavy atom. The molecule has 1 saturated heterocycles. The van der Waals surface area contributed by atoms with E-state index in [4.69, 9.17) is 23.8 Å².